The highest BCUT2D eigenvalue weighted by Gasteiger charge is 2.52. The maximum atomic E-state index is 11.1. The fraction of sp³-hybridized carbons (Fsp3) is 0.368. The molecule has 0 unspecified atom stereocenters. The van der Waals surface area contributed by atoms with Crippen molar-refractivity contribution in [2.24, 2.45) is 0 Å². The average molecular weight is 434 g/mol. The van der Waals surface area contributed by atoms with Crippen LogP contribution in [-0.2, 0) is 15.9 Å². The van der Waals surface area contributed by atoms with Crippen molar-refractivity contribution in [3.05, 3.63) is 62.6 Å². The third-order valence-electron chi connectivity index (χ3n) is 5.09. The quantitative estimate of drug-likeness (QED) is 0.400. The van der Waals surface area contributed by atoms with Crippen molar-refractivity contribution >= 4 is 34.2 Å². The van der Waals surface area contributed by atoms with Gasteiger partial charge in [0, 0.05) is 6.07 Å². The second kappa shape index (κ2) is 7.26. The van der Waals surface area contributed by atoms with Crippen molar-refractivity contribution in [1.82, 2.24) is 0 Å². The Bertz CT molecular complexity index is 855. The van der Waals surface area contributed by atoms with E-state index in [1.807, 2.05) is 52.0 Å². The lowest BCUT2D eigenvalue weighted by Crippen LogP contribution is -2.41. The Labute approximate surface area is 167 Å². The first-order chi connectivity index (χ1) is 12.6. The van der Waals surface area contributed by atoms with Gasteiger partial charge in [0.1, 0.15) is 16.8 Å². The molecule has 0 saturated carbocycles. The molecule has 0 bridgehead atoms. The molecule has 142 valence electrons. The maximum absolute atomic E-state index is 11.1. The number of nitro benzene ring substituents is 1. The Morgan fingerprint density at radius 1 is 1.07 bits per heavy atom. The van der Waals surface area contributed by atoms with Gasteiger partial charge in [-0.1, -0.05) is 30.3 Å². The Morgan fingerprint density at radius 2 is 1.70 bits per heavy atom. The number of halogens is 1. The van der Waals surface area contributed by atoms with Crippen LogP contribution in [0, 0.1) is 10.1 Å². The zero-order valence-corrected chi connectivity index (χ0v) is 17.3. The molecule has 0 amide bonds. The summed E-state index contributed by atoms with van der Waals surface area (Å²) < 4.78 is 18.5. The van der Waals surface area contributed by atoms with Crippen LogP contribution >= 0.6 is 15.9 Å². The van der Waals surface area contributed by atoms with E-state index in [-0.39, 0.29) is 12.3 Å². The number of nitro groups is 1. The summed E-state index contributed by atoms with van der Waals surface area (Å²) in [4.78, 5) is 10.6. The third-order valence-corrected chi connectivity index (χ3v) is 5.88. The summed E-state index contributed by atoms with van der Waals surface area (Å²) >= 11 is 3.25. The summed E-state index contributed by atoms with van der Waals surface area (Å²) in [6.07, 6.45) is 0. The van der Waals surface area contributed by atoms with E-state index in [1.54, 1.807) is 12.1 Å². The van der Waals surface area contributed by atoms with Crippen molar-refractivity contribution < 1.29 is 19.0 Å². The Balaban J connectivity index is 1.83. The van der Waals surface area contributed by atoms with Gasteiger partial charge < -0.3 is 14.0 Å². The summed E-state index contributed by atoms with van der Waals surface area (Å²) in [5, 5.41) is 11.1. The second-order valence-electron chi connectivity index (χ2n) is 7.42. The number of benzene rings is 2. The highest BCUT2D eigenvalue weighted by atomic mass is 79.9. The molecule has 0 N–H and O–H groups in total. The van der Waals surface area contributed by atoms with Crippen LogP contribution in [0.25, 0.3) is 0 Å². The number of rotatable bonds is 5. The SMILES string of the molecule is CC1(C)OB(c2ccccc2COc2cccc([N+](=O)[O-])c2Br)OC1(C)C. The molecule has 8 heteroatoms. The summed E-state index contributed by atoms with van der Waals surface area (Å²) in [6, 6.07) is 12.4. The molecular formula is C19H21BBrNO5. The molecule has 0 aromatic heterocycles. The molecule has 0 spiro atoms. The van der Waals surface area contributed by atoms with Gasteiger partial charge >= 0.3 is 7.12 Å². The first-order valence-electron chi connectivity index (χ1n) is 8.61. The molecule has 1 aliphatic heterocycles. The number of hydrogen-bond acceptors (Lipinski definition) is 5. The first-order valence-corrected chi connectivity index (χ1v) is 9.41. The van der Waals surface area contributed by atoms with Gasteiger partial charge in [-0.3, -0.25) is 10.1 Å². The van der Waals surface area contributed by atoms with E-state index in [1.165, 1.54) is 6.07 Å². The minimum Gasteiger partial charge on any atom is -0.487 e. The predicted molar refractivity (Wildman–Crippen MR) is 107 cm³/mol. The molecule has 27 heavy (non-hydrogen) atoms. The minimum absolute atomic E-state index is 0.0354. The third kappa shape index (κ3) is 3.88. The zero-order chi connectivity index (χ0) is 19.8. The molecule has 2 aromatic carbocycles. The van der Waals surface area contributed by atoms with Crippen molar-refractivity contribution in [3.8, 4) is 5.75 Å². The topological polar surface area (TPSA) is 70.8 Å². The van der Waals surface area contributed by atoms with Gasteiger partial charge in [0.15, 0.2) is 0 Å². The van der Waals surface area contributed by atoms with Crippen LogP contribution in [0.3, 0.4) is 0 Å². The largest absolute Gasteiger partial charge is 0.495 e. The zero-order valence-electron chi connectivity index (χ0n) is 15.7. The van der Waals surface area contributed by atoms with Crippen LogP contribution in [0.5, 0.6) is 5.75 Å². The number of ether oxygens (including phenoxy) is 1. The molecule has 1 saturated heterocycles. The lowest BCUT2D eigenvalue weighted by atomic mass is 9.76. The molecule has 0 radical (unpaired) electrons. The average Bonchev–Trinajstić information content (AvgIpc) is 2.81. The van der Waals surface area contributed by atoms with Gasteiger partial charge in [0.25, 0.3) is 5.69 Å². The smallest absolute Gasteiger partial charge is 0.487 e. The van der Waals surface area contributed by atoms with Crippen molar-refractivity contribution in [1.29, 1.82) is 0 Å². The standard InChI is InChI=1S/C19H21BBrNO5/c1-18(2)19(3,4)27-20(26-18)14-9-6-5-8-13(14)12-25-16-11-7-10-15(17(16)21)22(23)24/h5-11H,12H2,1-4H3. The molecule has 0 atom stereocenters. The van der Waals surface area contributed by atoms with E-state index >= 15 is 0 Å². The Kier molecular flexibility index (Phi) is 5.34. The van der Waals surface area contributed by atoms with E-state index in [2.05, 4.69) is 15.9 Å². The van der Waals surface area contributed by atoms with Gasteiger partial charge in [-0.25, -0.2) is 0 Å². The normalized spacial score (nSPS) is 17.7. The fourth-order valence-electron chi connectivity index (χ4n) is 2.77. The van der Waals surface area contributed by atoms with Crippen molar-refractivity contribution in [2.45, 2.75) is 45.5 Å². The summed E-state index contributed by atoms with van der Waals surface area (Å²) in [5.74, 6) is 0.410. The van der Waals surface area contributed by atoms with Gasteiger partial charge in [0.2, 0.25) is 0 Å². The molecule has 2 aromatic rings. The number of hydrogen-bond donors (Lipinski definition) is 0. The van der Waals surface area contributed by atoms with E-state index in [0.717, 1.165) is 11.0 Å². The summed E-state index contributed by atoms with van der Waals surface area (Å²) in [7, 11) is -0.497. The Hall–Kier alpha value is -1.90. The van der Waals surface area contributed by atoms with Gasteiger partial charge in [-0.15, -0.1) is 0 Å². The number of nitrogens with zero attached hydrogens (tertiary/aromatic N) is 1. The maximum Gasteiger partial charge on any atom is 0.495 e. The highest BCUT2D eigenvalue weighted by Crippen LogP contribution is 2.37. The van der Waals surface area contributed by atoms with E-state index in [0.29, 0.717) is 10.2 Å². The summed E-state index contributed by atoms with van der Waals surface area (Å²) in [5.41, 5.74) is 0.877. The molecule has 6 nitrogen and oxygen atoms in total. The molecule has 3 rings (SSSR count). The van der Waals surface area contributed by atoms with Gasteiger partial charge in [-0.05, 0) is 60.7 Å². The van der Waals surface area contributed by atoms with Crippen molar-refractivity contribution in [2.75, 3.05) is 0 Å². The fourth-order valence-corrected chi connectivity index (χ4v) is 3.30. The van der Waals surface area contributed by atoms with Crippen LogP contribution in [0.4, 0.5) is 5.69 Å². The molecular weight excluding hydrogens is 413 g/mol. The molecule has 1 heterocycles. The summed E-state index contributed by atoms with van der Waals surface area (Å²) in [6.45, 7) is 8.26. The van der Waals surface area contributed by atoms with E-state index in [4.69, 9.17) is 14.0 Å². The molecule has 1 aliphatic rings. The van der Waals surface area contributed by atoms with Crippen molar-refractivity contribution in [3.63, 3.8) is 0 Å². The minimum atomic E-state index is -0.497. The van der Waals surface area contributed by atoms with E-state index < -0.39 is 23.2 Å². The van der Waals surface area contributed by atoms with E-state index in [9.17, 15) is 10.1 Å². The second-order valence-corrected chi connectivity index (χ2v) is 8.22. The Morgan fingerprint density at radius 3 is 2.33 bits per heavy atom. The van der Waals surface area contributed by atoms with Gasteiger partial charge in [0.05, 0.1) is 16.1 Å². The lowest BCUT2D eigenvalue weighted by molar-refractivity contribution is -0.385. The van der Waals surface area contributed by atoms with Crippen LogP contribution in [0.15, 0.2) is 46.9 Å². The monoisotopic (exact) mass is 433 g/mol. The van der Waals surface area contributed by atoms with Crippen LogP contribution < -0.4 is 10.2 Å². The highest BCUT2D eigenvalue weighted by molar-refractivity contribution is 9.10. The van der Waals surface area contributed by atoms with Crippen LogP contribution in [0.2, 0.25) is 0 Å². The predicted octanol–water partition coefficient (Wildman–Crippen LogP) is 4.24. The lowest BCUT2D eigenvalue weighted by Gasteiger charge is -2.32. The molecule has 0 aliphatic carbocycles. The molecule has 1 fully saturated rings. The van der Waals surface area contributed by atoms with Gasteiger partial charge in [-0.2, -0.15) is 0 Å². The van der Waals surface area contributed by atoms with Crippen LogP contribution in [-0.4, -0.2) is 23.2 Å². The first kappa shape index (κ1) is 19.9. The van der Waals surface area contributed by atoms with Crippen LogP contribution in [0.1, 0.15) is 33.3 Å².